The van der Waals surface area contributed by atoms with Crippen molar-refractivity contribution in [3.63, 3.8) is 0 Å². The van der Waals surface area contributed by atoms with E-state index in [1.807, 2.05) is 19.1 Å². The minimum atomic E-state index is -5.12. The first kappa shape index (κ1) is 22.6. The third-order valence-corrected chi connectivity index (χ3v) is 5.04. The lowest BCUT2D eigenvalue weighted by Gasteiger charge is -2.32. The molecule has 0 aromatic heterocycles. The SMILES string of the molecule is COc1ccc(C2=NN(C(=O)COc3c(C)cc(C)cc3C)[C@](O)(C(F)(F)F)C2)cc1. The van der Waals surface area contributed by atoms with Gasteiger partial charge in [0.1, 0.15) is 11.5 Å². The van der Waals surface area contributed by atoms with E-state index in [-0.39, 0.29) is 10.7 Å². The number of nitrogens with zero attached hydrogens (tertiary/aromatic N) is 2. The monoisotopic (exact) mass is 436 g/mol. The van der Waals surface area contributed by atoms with Crippen LogP contribution in [-0.2, 0) is 4.79 Å². The number of aryl methyl sites for hydroxylation is 3. The van der Waals surface area contributed by atoms with E-state index in [2.05, 4.69) is 5.10 Å². The van der Waals surface area contributed by atoms with Crippen LogP contribution in [0.25, 0.3) is 0 Å². The van der Waals surface area contributed by atoms with Gasteiger partial charge < -0.3 is 14.6 Å². The van der Waals surface area contributed by atoms with Gasteiger partial charge in [-0.15, -0.1) is 0 Å². The van der Waals surface area contributed by atoms with Gasteiger partial charge in [-0.25, -0.2) is 0 Å². The summed E-state index contributed by atoms with van der Waals surface area (Å²) < 4.78 is 51.7. The van der Waals surface area contributed by atoms with Gasteiger partial charge in [0.25, 0.3) is 11.6 Å². The second-order valence-corrected chi connectivity index (χ2v) is 7.49. The lowest BCUT2D eigenvalue weighted by molar-refractivity contribution is -0.302. The fourth-order valence-corrected chi connectivity index (χ4v) is 3.56. The molecule has 0 fully saturated rings. The number of carbonyl (C=O) groups excluding carboxylic acids is 1. The Balaban J connectivity index is 1.87. The van der Waals surface area contributed by atoms with Crippen LogP contribution in [0, 0.1) is 20.8 Å². The molecule has 1 aliphatic rings. The normalized spacial score (nSPS) is 18.7. The van der Waals surface area contributed by atoms with Gasteiger partial charge in [0.15, 0.2) is 6.61 Å². The molecule has 1 aliphatic heterocycles. The van der Waals surface area contributed by atoms with Crippen molar-refractivity contribution in [3.8, 4) is 11.5 Å². The molecule has 0 bridgehead atoms. The number of aliphatic hydroxyl groups is 1. The molecule has 3 rings (SSSR count). The molecule has 31 heavy (non-hydrogen) atoms. The predicted octanol–water partition coefficient (Wildman–Crippen LogP) is 3.89. The molecule has 0 spiro atoms. The number of hydrogen-bond acceptors (Lipinski definition) is 5. The van der Waals surface area contributed by atoms with Crippen LogP contribution >= 0.6 is 0 Å². The number of amides is 1. The molecule has 0 unspecified atom stereocenters. The topological polar surface area (TPSA) is 71.4 Å². The van der Waals surface area contributed by atoms with E-state index in [0.717, 1.165) is 16.7 Å². The summed E-state index contributed by atoms with van der Waals surface area (Å²) in [6, 6.07) is 9.82. The molecule has 0 radical (unpaired) electrons. The summed E-state index contributed by atoms with van der Waals surface area (Å²) in [5, 5.41) is 14.3. The fourth-order valence-electron chi connectivity index (χ4n) is 3.56. The summed E-state index contributed by atoms with van der Waals surface area (Å²) in [6.07, 6.45) is -6.01. The van der Waals surface area contributed by atoms with Crippen molar-refractivity contribution in [2.45, 2.75) is 39.1 Å². The molecule has 0 saturated carbocycles. The zero-order valence-corrected chi connectivity index (χ0v) is 17.6. The molecule has 2 aromatic carbocycles. The maximum atomic E-state index is 13.7. The number of hydrazone groups is 1. The molecular weight excluding hydrogens is 413 g/mol. The molecule has 1 amide bonds. The summed E-state index contributed by atoms with van der Waals surface area (Å²) in [7, 11) is 1.46. The second kappa shape index (κ2) is 8.22. The largest absolute Gasteiger partial charge is 0.497 e. The zero-order valence-electron chi connectivity index (χ0n) is 17.6. The molecule has 1 heterocycles. The highest BCUT2D eigenvalue weighted by Crippen LogP contribution is 2.41. The summed E-state index contributed by atoms with van der Waals surface area (Å²) in [4.78, 5) is 12.7. The van der Waals surface area contributed by atoms with Crippen LogP contribution in [0.2, 0.25) is 0 Å². The van der Waals surface area contributed by atoms with Crippen LogP contribution in [0.1, 0.15) is 28.7 Å². The van der Waals surface area contributed by atoms with E-state index < -0.39 is 30.8 Å². The molecule has 1 N–H and O–H groups in total. The quantitative estimate of drug-likeness (QED) is 0.772. The molecule has 166 valence electrons. The van der Waals surface area contributed by atoms with Crippen LogP contribution in [0.3, 0.4) is 0 Å². The fraction of sp³-hybridized carbons (Fsp3) is 0.364. The van der Waals surface area contributed by atoms with E-state index in [0.29, 0.717) is 17.1 Å². The number of hydrogen-bond donors (Lipinski definition) is 1. The van der Waals surface area contributed by atoms with Gasteiger partial charge >= 0.3 is 6.18 Å². The van der Waals surface area contributed by atoms with Gasteiger partial charge in [-0.2, -0.15) is 23.3 Å². The van der Waals surface area contributed by atoms with E-state index in [1.54, 1.807) is 26.0 Å². The summed E-state index contributed by atoms with van der Waals surface area (Å²) in [5.74, 6) is -0.186. The van der Waals surface area contributed by atoms with Crippen molar-refractivity contribution in [1.82, 2.24) is 5.01 Å². The lowest BCUT2D eigenvalue weighted by atomic mass is 10.0. The Morgan fingerprint density at radius 2 is 1.74 bits per heavy atom. The number of halogens is 3. The highest BCUT2D eigenvalue weighted by molar-refractivity contribution is 6.03. The van der Waals surface area contributed by atoms with Gasteiger partial charge in [0.2, 0.25) is 0 Å². The Labute approximate surface area is 177 Å². The Morgan fingerprint density at radius 3 is 2.26 bits per heavy atom. The molecule has 6 nitrogen and oxygen atoms in total. The smallest absolute Gasteiger partial charge is 0.438 e. The lowest BCUT2D eigenvalue weighted by Crippen LogP contribution is -2.57. The maximum Gasteiger partial charge on any atom is 0.438 e. The Kier molecular flexibility index (Phi) is 6.00. The van der Waals surface area contributed by atoms with Crippen molar-refractivity contribution >= 4 is 11.6 Å². The summed E-state index contributed by atoms with van der Waals surface area (Å²) >= 11 is 0. The van der Waals surface area contributed by atoms with Crippen molar-refractivity contribution in [3.05, 3.63) is 58.7 Å². The van der Waals surface area contributed by atoms with Gasteiger partial charge in [-0.05, 0) is 61.7 Å². The molecule has 1 atom stereocenters. The van der Waals surface area contributed by atoms with E-state index in [1.165, 1.54) is 19.2 Å². The van der Waals surface area contributed by atoms with Crippen LogP contribution in [0.15, 0.2) is 41.5 Å². The zero-order chi connectivity index (χ0) is 23.0. The Bertz CT molecular complexity index is 995. The third kappa shape index (κ3) is 4.36. The number of methoxy groups -OCH3 is 1. The molecule has 0 aliphatic carbocycles. The standard InChI is InChI=1S/C22H23F3N2O4/c1-13-9-14(2)20(15(3)10-13)31-12-19(28)27-21(29,22(23,24)25)11-18(26-27)16-5-7-17(30-4)8-6-16/h5-10,29H,11-12H2,1-4H3/t21-/m1/s1. The average molecular weight is 436 g/mol. The van der Waals surface area contributed by atoms with Crippen LogP contribution in [0.4, 0.5) is 13.2 Å². The first-order valence-electron chi connectivity index (χ1n) is 9.51. The highest BCUT2D eigenvalue weighted by atomic mass is 19.4. The molecular formula is C22H23F3N2O4. The van der Waals surface area contributed by atoms with Crippen LogP contribution < -0.4 is 9.47 Å². The van der Waals surface area contributed by atoms with Gasteiger partial charge in [0, 0.05) is 0 Å². The van der Waals surface area contributed by atoms with Crippen LogP contribution in [-0.4, -0.2) is 47.4 Å². The van der Waals surface area contributed by atoms with Gasteiger partial charge in [-0.3, -0.25) is 4.79 Å². The molecule has 9 heteroatoms. The minimum absolute atomic E-state index is 0.0708. The Morgan fingerprint density at radius 1 is 1.16 bits per heavy atom. The third-order valence-electron chi connectivity index (χ3n) is 5.04. The van der Waals surface area contributed by atoms with Crippen molar-refractivity contribution in [1.29, 1.82) is 0 Å². The van der Waals surface area contributed by atoms with Crippen LogP contribution in [0.5, 0.6) is 11.5 Å². The Hall–Kier alpha value is -3.07. The number of carbonyl (C=O) groups is 1. The van der Waals surface area contributed by atoms with E-state index >= 15 is 0 Å². The average Bonchev–Trinajstić information content (AvgIpc) is 3.06. The number of rotatable bonds is 5. The van der Waals surface area contributed by atoms with Crippen molar-refractivity contribution < 1.29 is 32.5 Å². The molecule has 0 saturated heterocycles. The maximum absolute atomic E-state index is 13.7. The number of benzene rings is 2. The second-order valence-electron chi connectivity index (χ2n) is 7.49. The highest BCUT2D eigenvalue weighted by Gasteiger charge is 2.63. The molecule has 2 aromatic rings. The summed E-state index contributed by atoms with van der Waals surface area (Å²) in [6.45, 7) is 4.75. The van der Waals surface area contributed by atoms with Gasteiger partial charge in [0.05, 0.1) is 19.2 Å². The predicted molar refractivity (Wildman–Crippen MR) is 108 cm³/mol. The van der Waals surface area contributed by atoms with Crippen molar-refractivity contribution in [2.75, 3.05) is 13.7 Å². The van der Waals surface area contributed by atoms with E-state index in [4.69, 9.17) is 9.47 Å². The number of ether oxygens (including phenoxy) is 2. The van der Waals surface area contributed by atoms with E-state index in [9.17, 15) is 23.1 Å². The first-order valence-corrected chi connectivity index (χ1v) is 9.51. The first-order chi connectivity index (χ1) is 14.5. The van der Waals surface area contributed by atoms with Gasteiger partial charge in [-0.1, -0.05) is 17.7 Å². The summed E-state index contributed by atoms with van der Waals surface area (Å²) in [5.41, 5.74) is -0.697. The van der Waals surface area contributed by atoms with Crippen molar-refractivity contribution in [2.24, 2.45) is 5.10 Å². The number of alkyl halides is 3. The minimum Gasteiger partial charge on any atom is -0.497 e.